The van der Waals surface area contributed by atoms with Crippen molar-refractivity contribution < 1.29 is 9.47 Å². The molecule has 1 N–H and O–H groups in total. The highest BCUT2D eigenvalue weighted by atomic mass is 16.5. The van der Waals surface area contributed by atoms with Crippen LogP contribution in [0.1, 0.15) is 22.9 Å². The van der Waals surface area contributed by atoms with Gasteiger partial charge in [0.15, 0.2) is 0 Å². The molecule has 0 radical (unpaired) electrons. The molecule has 1 aromatic heterocycles. The smallest absolute Gasteiger partial charge is 0.223 e. The van der Waals surface area contributed by atoms with Gasteiger partial charge in [-0.1, -0.05) is 24.3 Å². The molecule has 0 aliphatic rings. The lowest BCUT2D eigenvalue weighted by atomic mass is 9.98. The summed E-state index contributed by atoms with van der Waals surface area (Å²) in [6.45, 7) is 1.94. The fourth-order valence-corrected chi connectivity index (χ4v) is 2.65. The molecule has 0 bridgehead atoms. The molecule has 5 heteroatoms. The lowest BCUT2D eigenvalue weighted by molar-refractivity contribution is 0.413. The number of hydrogen-bond donors (Lipinski definition) is 1. The number of ether oxygens (including phenoxy) is 2. The highest BCUT2D eigenvalue weighted by Gasteiger charge is 2.17. The maximum atomic E-state index is 5.37. The topological polar surface area (TPSA) is 56.3 Å². The Labute approximate surface area is 147 Å². The van der Waals surface area contributed by atoms with Crippen molar-refractivity contribution in [3.63, 3.8) is 0 Å². The lowest BCUT2D eigenvalue weighted by Gasteiger charge is -2.21. The first-order valence-corrected chi connectivity index (χ1v) is 8.03. The molecule has 0 atom stereocenters. The Hall–Kier alpha value is -3.08. The van der Waals surface area contributed by atoms with Crippen molar-refractivity contribution in [3.05, 3.63) is 77.6 Å². The summed E-state index contributed by atoms with van der Waals surface area (Å²) in [5, 5.41) is 3.42. The van der Waals surface area contributed by atoms with Crippen LogP contribution in [0.15, 0.2) is 60.8 Å². The highest BCUT2D eigenvalue weighted by molar-refractivity contribution is 5.45. The van der Waals surface area contributed by atoms with Gasteiger partial charge in [-0.2, -0.15) is 0 Å². The van der Waals surface area contributed by atoms with Gasteiger partial charge in [0.25, 0.3) is 0 Å². The van der Waals surface area contributed by atoms with Gasteiger partial charge in [-0.15, -0.1) is 0 Å². The SMILES string of the molecule is COc1cccc(C(Nc2nccc(C)n2)c2cccc(OC)c2)c1. The van der Waals surface area contributed by atoms with Crippen LogP contribution in [-0.4, -0.2) is 24.2 Å². The number of hydrogen-bond acceptors (Lipinski definition) is 5. The summed E-state index contributed by atoms with van der Waals surface area (Å²) in [5.74, 6) is 2.19. The second-order valence-electron chi connectivity index (χ2n) is 5.65. The third-order valence-electron chi connectivity index (χ3n) is 3.92. The maximum absolute atomic E-state index is 5.37. The van der Waals surface area contributed by atoms with Gasteiger partial charge in [-0.3, -0.25) is 0 Å². The molecular formula is C20H21N3O2. The molecule has 128 valence electrons. The van der Waals surface area contributed by atoms with Crippen molar-refractivity contribution >= 4 is 5.95 Å². The summed E-state index contributed by atoms with van der Waals surface area (Å²) in [5.41, 5.74) is 3.02. The largest absolute Gasteiger partial charge is 0.497 e. The fraction of sp³-hybridized carbons (Fsp3) is 0.200. The van der Waals surface area contributed by atoms with Crippen LogP contribution >= 0.6 is 0 Å². The Bertz CT molecular complexity index is 804. The van der Waals surface area contributed by atoms with Crippen LogP contribution in [0.4, 0.5) is 5.95 Å². The molecule has 25 heavy (non-hydrogen) atoms. The van der Waals surface area contributed by atoms with E-state index in [0.717, 1.165) is 28.3 Å². The van der Waals surface area contributed by atoms with E-state index in [0.29, 0.717) is 5.95 Å². The molecule has 0 fully saturated rings. The summed E-state index contributed by atoms with van der Waals surface area (Å²) >= 11 is 0. The van der Waals surface area contributed by atoms with Crippen molar-refractivity contribution in [2.24, 2.45) is 0 Å². The Morgan fingerprint density at radius 1 is 0.880 bits per heavy atom. The minimum absolute atomic E-state index is 0.132. The van der Waals surface area contributed by atoms with Crippen LogP contribution in [0.5, 0.6) is 11.5 Å². The van der Waals surface area contributed by atoms with Gasteiger partial charge >= 0.3 is 0 Å². The number of aryl methyl sites for hydroxylation is 1. The Morgan fingerprint density at radius 3 is 2.00 bits per heavy atom. The zero-order valence-corrected chi connectivity index (χ0v) is 14.6. The first-order valence-electron chi connectivity index (χ1n) is 8.03. The zero-order chi connectivity index (χ0) is 17.6. The number of anilines is 1. The third kappa shape index (κ3) is 4.07. The predicted molar refractivity (Wildman–Crippen MR) is 98.2 cm³/mol. The molecule has 0 unspecified atom stereocenters. The van der Waals surface area contributed by atoms with Gasteiger partial charge < -0.3 is 14.8 Å². The predicted octanol–water partition coefficient (Wildman–Crippen LogP) is 4.00. The van der Waals surface area contributed by atoms with E-state index in [2.05, 4.69) is 27.4 Å². The van der Waals surface area contributed by atoms with Crippen molar-refractivity contribution in [1.82, 2.24) is 9.97 Å². The van der Waals surface area contributed by atoms with Gasteiger partial charge in [0.1, 0.15) is 11.5 Å². The second kappa shape index (κ2) is 7.66. The van der Waals surface area contributed by atoms with E-state index in [1.54, 1.807) is 20.4 Å². The molecule has 5 nitrogen and oxygen atoms in total. The van der Waals surface area contributed by atoms with Crippen molar-refractivity contribution in [3.8, 4) is 11.5 Å². The molecule has 0 aliphatic carbocycles. The molecule has 1 heterocycles. The maximum Gasteiger partial charge on any atom is 0.223 e. The molecule has 0 saturated carbocycles. The number of aromatic nitrogens is 2. The minimum atomic E-state index is -0.132. The molecule has 0 amide bonds. The van der Waals surface area contributed by atoms with E-state index < -0.39 is 0 Å². The Balaban J connectivity index is 2.03. The normalized spacial score (nSPS) is 10.6. The highest BCUT2D eigenvalue weighted by Crippen LogP contribution is 2.29. The van der Waals surface area contributed by atoms with Crippen molar-refractivity contribution in [2.75, 3.05) is 19.5 Å². The number of nitrogens with one attached hydrogen (secondary N) is 1. The monoisotopic (exact) mass is 335 g/mol. The summed E-state index contributed by atoms with van der Waals surface area (Å²) in [6.07, 6.45) is 1.75. The van der Waals surface area contributed by atoms with E-state index in [9.17, 15) is 0 Å². The Morgan fingerprint density at radius 2 is 1.48 bits per heavy atom. The molecule has 0 saturated heterocycles. The van der Waals surface area contributed by atoms with Crippen LogP contribution in [0, 0.1) is 6.92 Å². The van der Waals surface area contributed by atoms with E-state index in [1.807, 2.05) is 49.4 Å². The minimum Gasteiger partial charge on any atom is -0.497 e. The van der Waals surface area contributed by atoms with Gasteiger partial charge in [0.2, 0.25) is 5.95 Å². The van der Waals surface area contributed by atoms with Crippen LogP contribution < -0.4 is 14.8 Å². The summed E-state index contributed by atoms with van der Waals surface area (Å²) in [6, 6.07) is 17.7. The van der Waals surface area contributed by atoms with Gasteiger partial charge in [0, 0.05) is 11.9 Å². The third-order valence-corrected chi connectivity index (χ3v) is 3.92. The number of benzene rings is 2. The molecule has 3 aromatic rings. The Kier molecular flexibility index (Phi) is 5.14. The molecule has 0 aliphatic heterocycles. The van der Waals surface area contributed by atoms with Crippen molar-refractivity contribution in [2.45, 2.75) is 13.0 Å². The van der Waals surface area contributed by atoms with Crippen LogP contribution in [0.25, 0.3) is 0 Å². The average Bonchev–Trinajstić information content (AvgIpc) is 2.66. The second-order valence-corrected chi connectivity index (χ2v) is 5.65. The van der Waals surface area contributed by atoms with E-state index >= 15 is 0 Å². The summed E-state index contributed by atoms with van der Waals surface area (Å²) in [7, 11) is 3.33. The summed E-state index contributed by atoms with van der Waals surface area (Å²) < 4.78 is 10.7. The van der Waals surface area contributed by atoms with E-state index in [1.165, 1.54) is 0 Å². The van der Waals surface area contributed by atoms with Crippen LogP contribution in [-0.2, 0) is 0 Å². The molecule has 3 rings (SSSR count). The zero-order valence-electron chi connectivity index (χ0n) is 14.6. The van der Waals surface area contributed by atoms with Gasteiger partial charge in [-0.25, -0.2) is 9.97 Å². The molecule has 0 spiro atoms. The lowest BCUT2D eigenvalue weighted by Crippen LogP contribution is -2.14. The van der Waals surface area contributed by atoms with E-state index in [4.69, 9.17) is 9.47 Å². The summed E-state index contributed by atoms with van der Waals surface area (Å²) in [4.78, 5) is 8.80. The quantitative estimate of drug-likeness (QED) is 0.738. The average molecular weight is 335 g/mol. The van der Waals surface area contributed by atoms with Gasteiger partial charge in [0.05, 0.1) is 20.3 Å². The first-order chi connectivity index (χ1) is 12.2. The standard InChI is InChI=1S/C20H21N3O2/c1-14-10-11-21-20(22-14)23-19(15-6-4-8-17(12-15)24-2)16-7-5-9-18(13-16)25-3/h4-13,19H,1-3H3,(H,21,22,23). The van der Waals surface area contributed by atoms with Crippen LogP contribution in [0.2, 0.25) is 0 Å². The number of nitrogens with zero attached hydrogens (tertiary/aromatic N) is 2. The number of methoxy groups -OCH3 is 2. The fourth-order valence-electron chi connectivity index (χ4n) is 2.65. The molecule has 2 aromatic carbocycles. The van der Waals surface area contributed by atoms with Gasteiger partial charge in [-0.05, 0) is 48.4 Å². The van der Waals surface area contributed by atoms with E-state index in [-0.39, 0.29) is 6.04 Å². The molecular weight excluding hydrogens is 314 g/mol. The van der Waals surface area contributed by atoms with Crippen LogP contribution in [0.3, 0.4) is 0 Å². The first kappa shape index (κ1) is 16.8. The number of rotatable bonds is 6. The van der Waals surface area contributed by atoms with Crippen molar-refractivity contribution in [1.29, 1.82) is 0 Å².